The fourth-order valence-corrected chi connectivity index (χ4v) is 5.80. The zero-order chi connectivity index (χ0) is 20.1. The number of thioether (sulfide) groups is 1. The van der Waals surface area contributed by atoms with Crippen LogP contribution in [0.3, 0.4) is 0 Å². The van der Waals surface area contributed by atoms with E-state index in [1.54, 1.807) is 18.4 Å². The molecule has 146 valence electrons. The van der Waals surface area contributed by atoms with Crippen LogP contribution in [0.2, 0.25) is 0 Å². The van der Waals surface area contributed by atoms with Crippen LogP contribution in [0.25, 0.3) is 10.2 Å². The largest absolute Gasteiger partial charge is 0.497 e. The second kappa shape index (κ2) is 9.35. The van der Waals surface area contributed by atoms with Gasteiger partial charge in [0.05, 0.1) is 17.3 Å². The fourth-order valence-electron chi connectivity index (χ4n) is 2.67. The van der Waals surface area contributed by atoms with Gasteiger partial charge in [-0.05, 0) is 59.4 Å². The van der Waals surface area contributed by atoms with Crippen LogP contribution in [0, 0.1) is 0 Å². The van der Waals surface area contributed by atoms with E-state index in [-0.39, 0.29) is 0 Å². The molecule has 0 atom stereocenters. The van der Waals surface area contributed by atoms with E-state index in [2.05, 4.69) is 29.2 Å². The lowest BCUT2D eigenvalue weighted by atomic mass is 10.3. The standard InChI is InChI=1S/C22H19N3OS3/c1-26-16-13-14-19-20(15-16)28-21(23-19)24-22(27-2)25-29(17-9-5-3-6-10-17)18-11-7-4-8-12-18/h3-15H,1-2H3/b24-22-. The molecule has 4 rings (SSSR count). The van der Waals surface area contributed by atoms with Gasteiger partial charge in [0.25, 0.3) is 0 Å². The van der Waals surface area contributed by atoms with Gasteiger partial charge in [-0.15, -0.1) is 0 Å². The Bertz CT molecular complexity index is 1130. The van der Waals surface area contributed by atoms with Gasteiger partial charge in [0.15, 0.2) is 5.17 Å². The number of ether oxygens (including phenoxy) is 1. The predicted octanol–water partition coefficient (Wildman–Crippen LogP) is 6.58. The van der Waals surface area contributed by atoms with Crippen molar-refractivity contribution >= 4 is 54.3 Å². The number of nitrogens with zero attached hydrogens (tertiary/aromatic N) is 3. The Morgan fingerprint density at radius 1 is 0.966 bits per heavy atom. The molecule has 4 aromatic rings. The molecule has 0 radical (unpaired) electrons. The normalized spacial score (nSPS) is 11.8. The molecule has 0 aliphatic rings. The molecule has 4 nitrogen and oxygen atoms in total. The molecule has 0 N–H and O–H groups in total. The summed E-state index contributed by atoms with van der Waals surface area (Å²) in [5.74, 6) is 0.821. The summed E-state index contributed by atoms with van der Waals surface area (Å²) in [7, 11) is 1.22. The van der Waals surface area contributed by atoms with Crippen molar-refractivity contribution in [2.45, 2.75) is 9.79 Å². The number of aliphatic imine (C=N–C) groups is 1. The van der Waals surface area contributed by atoms with E-state index < -0.39 is 10.7 Å². The molecular formula is C22H19N3OS3. The Hall–Kier alpha value is -2.48. The second-order valence-corrected chi connectivity index (χ2v) is 9.41. The zero-order valence-electron chi connectivity index (χ0n) is 16.0. The highest BCUT2D eigenvalue weighted by Gasteiger charge is 2.09. The van der Waals surface area contributed by atoms with Gasteiger partial charge in [0.2, 0.25) is 5.13 Å². The molecule has 3 aromatic carbocycles. The third kappa shape index (κ3) is 4.75. The first-order chi connectivity index (χ1) is 14.3. The van der Waals surface area contributed by atoms with Gasteiger partial charge in [-0.25, -0.2) is 4.98 Å². The lowest BCUT2D eigenvalue weighted by Crippen LogP contribution is -1.97. The molecule has 0 aliphatic heterocycles. The quantitative estimate of drug-likeness (QED) is 0.268. The van der Waals surface area contributed by atoms with Crippen LogP contribution in [0.15, 0.2) is 98.0 Å². The van der Waals surface area contributed by atoms with Crippen LogP contribution in [-0.2, 0) is 10.7 Å². The number of fused-ring (bicyclic) bond motifs is 1. The summed E-state index contributed by atoms with van der Waals surface area (Å²) < 4.78 is 11.4. The van der Waals surface area contributed by atoms with Crippen molar-refractivity contribution in [1.82, 2.24) is 4.98 Å². The van der Waals surface area contributed by atoms with E-state index in [9.17, 15) is 0 Å². The highest BCUT2D eigenvalue weighted by Crippen LogP contribution is 2.32. The highest BCUT2D eigenvalue weighted by molar-refractivity contribution is 8.13. The Kier molecular flexibility index (Phi) is 6.39. The van der Waals surface area contributed by atoms with E-state index in [0.717, 1.165) is 25.8 Å². The number of thiazole rings is 1. The maximum Gasteiger partial charge on any atom is 0.212 e. The van der Waals surface area contributed by atoms with Crippen LogP contribution < -0.4 is 4.74 Å². The first-order valence-corrected chi connectivity index (χ1v) is 12.1. The molecule has 7 heteroatoms. The van der Waals surface area contributed by atoms with Crippen molar-refractivity contribution in [2.24, 2.45) is 9.36 Å². The molecule has 0 bridgehead atoms. The number of amidine groups is 1. The lowest BCUT2D eigenvalue weighted by Gasteiger charge is -2.09. The molecule has 1 aromatic heterocycles. The van der Waals surface area contributed by atoms with Gasteiger partial charge in [-0.2, -0.15) is 9.36 Å². The van der Waals surface area contributed by atoms with E-state index >= 15 is 0 Å². The summed E-state index contributed by atoms with van der Waals surface area (Å²) in [5, 5.41) is 1.41. The SMILES string of the molecule is COc1ccc2nc(/N=C(/N=S(c3ccccc3)c3ccccc3)SC)sc2c1. The summed E-state index contributed by atoms with van der Waals surface area (Å²) in [6, 6.07) is 26.5. The Labute approximate surface area is 180 Å². The molecular weight excluding hydrogens is 418 g/mol. The first kappa shape index (κ1) is 19.8. The Morgan fingerprint density at radius 3 is 2.21 bits per heavy atom. The number of benzene rings is 3. The summed E-state index contributed by atoms with van der Waals surface area (Å²) in [4.78, 5) is 11.7. The molecule has 0 spiro atoms. The topological polar surface area (TPSA) is 46.8 Å². The summed E-state index contributed by atoms with van der Waals surface area (Å²) in [6.07, 6.45) is 2.00. The molecule has 29 heavy (non-hydrogen) atoms. The van der Waals surface area contributed by atoms with Crippen LogP contribution in [0.5, 0.6) is 5.75 Å². The molecule has 0 unspecified atom stereocenters. The molecule has 0 fully saturated rings. The molecule has 0 saturated carbocycles. The van der Waals surface area contributed by atoms with E-state index in [4.69, 9.17) is 14.1 Å². The van der Waals surface area contributed by atoms with Crippen molar-refractivity contribution in [3.8, 4) is 5.75 Å². The minimum absolute atomic E-state index is 0.447. The first-order valence-electron chi connectivity index (χ1n) is 8.90. The molecule has 1 heterocycles. The van der Waals surface area contributed by atoms with Crippen LogP contribution in [0.4, 0.5) is 5.13 Å². The molecule has 0 saturated heterocycles. The maximum absolute atomic E-state index is 5.31. The number of rotatable bonds is 4. The van der Waals surface area contributed by atoms with Crippen LogP contribution >= 0.6 is 23.1 Å². The van der Waals surface area contributed by atoms with Crippen LogP contribution in [-0.4, -0.2) is 23.5 Å². The van der Waals surface area contributed by atoms with Gasteiger partial charge >= 0.3 is 0 Å². The maximum atomic E-state index is 5.31. The average molecular weight is 438 g/mol. The van der Waals surface area contributed by atoms with Gasteiger partial charge in [0.1, 0.15) is 5.75 Å². The van der Waals surface area contributed by atoms with Crippen molar-refractivity contribution in [3.63, 3.8) is 0 Å². The van der Waals surface area contributed by atoms with Gasteiger partial charge in [-0.1, -0.05) is 59.5 Å². The van der Waals surface area contributed by atoms with E-state index in [1.165, 1.54) is 11.8 Å². The third-order valence-electron chi connectivity index (χ3n) is 4.06. The minimum Gasteiger partial charge on any atom is -0.497 e. The van der Waals surface area contributed by atoms with E-state index in [0.29, 0.717) is 10.3 Å². The third-order valence-corrected chi connectivity index (χ3v) is 7.43. The minimum atomic E-state index is -0.447. The van der Waals surface area contributed by atoms with E-state index in [1.807, 2.05) is 60.9 Å². The highest BCUT2D eigenvalue weighted by atomic mass is 32.2. The smallest absolute Gasteiger partial charge is 0.212 e. The Balaban J connectivity index is 1.77. The monoisotopic (exact) mass is 437 g/mol. The lowest BCUT2D eigenvalue weighted by molar-refractivity contribution is 0.415. The van der Waals surface area contributed by atoms with Crippen molar-refractivity contribution < 1.29 is 4.74 Å². The van der Waals surface area contributed by atoms with Gasteiger partial charge in [-0.3, -0.25) is 0 Å². The molecule has 0 amide bonds. The zero-order valence-corrected chi connectivity index (χ0v) is 18.4. The average Bonchev–Trinajstić information content (AvgIpc) is 3.19. The number of aromatic nitrogens is 1. The van der Waals surface area contributed by atoms with Crippen molar-refractivity contribution in [3.05, 3.63) is 78.9 Å². The number of hydrogen-bond acceptors (Lipinski definition) is 5. The van der Waals surface area contributed by atoms with Crippen molar-refractivity contribution in [1.29, 1.82) is 0 Å². The second-order valence-electron chi connectivity index (χ2n) is 5.93. The predicted molar refractivity (Wildman–Crippen MR) is 126 cm³/mol. The summed E-state index contributed by atoms with van der Waals surface area (Å²) in [5.41, 5.74) is 0.917. The summed E-state index contributed by atoms with van der Waals surface area (Å²) >= 11 is 3.07. The number of hydrogen-bond donors (Lipinski definition) is 0. The summed E-state index contributed by atoms with van der Waals surface area (Å²) in [6.45, 7) is 0. The van der Waals surface area contributed by atoms with Gasteiger partial charge in [0, 0.05) is 9.79 Å². The molecule has 0 aliphatic carbocycles. The van der Waals surface area contributed by atoms with Gasteiger partial charge < -0.3 is 4.74 Å². The number of methoxy groups -OCH3 is 1. The fraction of sp³-hybridized carbons (Fsp3) is 0.0909. The Morgan fingerprint density at radius 2 is 1.62 bits per heavy atom. The van der Waals surface area contributed by atoms with Crippen molar-refractivity contribution in [2.75, 3.05) is 13.4 Å². The van der Waals surface area contributed by atoms with Crippen LogP contribution in [0.1, 0.15) is 0 Å².